The zero-order valence-corrected chi connectivity index (χ0v) is 11.1. The van der Waals surface area contributed by atoms with Crippen LogP contribution in [0.25, 0.3) is 0 Å². The Bertz CT molecular complexity index is 372. The lowest BCUT2D eigenvalue weighted by Gasteiger charge is -2.36. The van der Waals surface area contributed by atoms with Crippen molar-refractivity contribution >= 4 is 0 Å². The van der Waals surface area contributed by atoms with Crippen molar-refractivity contribution in [2.24, 2.45) is 5.92 Å². The van der Waals surface area contributed by atoms with Gasteiger partial charge in [0.1, 0.15) is 0 Å². The van der Waals surface area contributed by atoms with Crippen molar-refractivity contribution < 1.29 is 5.11 Å². The van der Waals surface area contributed by atoms with E-state index in [0.717, 1.165) is 38.0 Å². The molecule has 0 amide bonds. The minimum absolute atomic E-state index is 0.339. The molecule has 1 nitrogen and oxygen atoms in total. The van der Waals surface area contributed by atoms with Gasteiger partial charge in [0.2, 0.25) is 0 Å². The summed E-state index contributed by atoms with van der Waals surface area (Å²) in [6, 6.07) is 10.8. The largest absolute Gasteiger partial charge is 0.390 e. The van der Waals surface area contributed by atoms with Gasteiger partial charge in [-0.3, -0.25) is 0 Å². The second kappa shape index (κ2) is 5.05. The first kappa shape index (κ1) is 12.2. The first-order valence-electron chi connectivity index (χ1n) is 7.52. The predicted molar refractivity (Wildman–Crippen MR) is 74.6 cm³/mol. The molecule has 2 saturated carbocycles. The molecule has 2 aliphatic carbocycles. The van der Waals surface area contributed by atoms with Gasteiger partial charge in [0.25, 0.3) is 0 Å². The average molecular weight is 244 g/mol. The Morgan fingerprint density at radius 2 is 1.67 bits per heavy atom. The standard InChI is InChI=1S/C17H24O/c18-17(11-8-14-6-7-14)12-9-16(10-13-17)15-4-2-1-3-5-15/h1-5,14,16,18H,6-13H2. The van der Waals surface area contributed by atoms with Gasteiger partial charge in [-0.15, -0.1) is 0 Å². The SMILES string of the molecule is OC1(CCC2CC2)CCC(c2ccccc2)CC1. The maximum Gasteiger partial charge on any atom is 0.0648 e. The fourth-order valence-electron chi connectivity index (χ4n) is 3.34. The van der Waals surface area contributed by atoms with Gasteiger partial charge >= 0.3 is 0 Å². The Kier molecular flexibility index (Phi) is 3.43. The third-order valence-corrected chi connectivity index (χ3v) is 4.90. The Hall–Kier alpha value is -0.820. The molecular weight excluding hydrogens is 220 g/mol. The van der Waals surface area contributed by atoms with E-state index in [1.807, 2.05) is 0 Å². The summed E-state index contributed by atoms with van der Waals surface area (Å²) in [5.74, 6) is 1.62. The first-order valence-corrected chi connectivity index (χ1v) is 7.52. The Morgan fingerprint density at radius 1 is 1.00 bits per heavy atom. The van der Waals surface area contributed by atoms with Crippen LogP contribution in [0.15, 0.2) is 30.3 Å². The van der Waals surface area contributed by atoms with Crippen LogP contribution in [0.3, 0.4) is 0 Å². The maximum atomic E-state index is 10.6. The van der Waals surface area contributed by atoms with Crippen LogP contribution in [0, 0.1) is 5.92 Å². The molecule has 1 heteroatoms. The van der Waals surface area contributed by atoms with Crippen LogP contribution in [0.4, 0.5) is 0 Å². The van der Waals surface area contributed by atoms with Crippen molar-refractivity contribution in [3.8, 4) is 0 Å². The lowest BCUT2D eigenvalue weighted by Crippen LogP contribution is -2.33. The van der Waals surface area contributed by atoms with Crippen molar-refractivity contribution in [2.75, 3.05) is 0 Å². The topological polar surface area (TPSA) is 20.2 Å². The highest BCUT2D eigenvalue weighted by Crippen LogP contribution is 2.43. The molecule has 3 rings (SSSR count). The van der Waals surface area contributed by atoms with Gasteiger partial charge in [-0.25, -0.2) is 0 Å². The van der Waals surface area contributed by atoms with Gasteiger partial charge in [0.05, 0.1) is 5.60 Å². The summed E-state index contributed by atoms with van der Waals surface area (Å²) in [6.07, 6.45) is 9.42. The number of hydrogen-bond acceptors (Lipinski definition) is 1. The first-order chi connectivity index (χ1) is 8.75. The third kappa shape index (κ3) is 2.95. The van der Waals surface area contributed by atoms with Crippen LogP contribution in [-0.4, -0.2) is 10.7 Å². The smallest absolute Gasteiger partial charge is 0.0648 e. The number of benzene rings is 1. The van der Waals surface area contributed by atoms with E-state index < -0.39 is 0 Å². The van der Waals surface area contributed by atoms with E-state index in [4.69, 9.17) is 0 Å². The van der Waals surface area contributed by atoms with Gasteiger partial charge in [0, 0.05) is 0 Å². The van der Waals surface area contributed by atoms with Crippen LogP contribution in [0.5, 0.6) is 0 Å². The highest BCUT2D eigenvalue weighted by Gasteiger charge is 2.35. The fraction of sp³-hybridized carbons (Fsp3) is 0.647. The molecule has 0 unspecified atom stereocenters. The zero-order chi connectivity index (χ0) is 12.4. The van der Waals surface area contributed by atoms with Crippen LogP contribution in [-0.2, 0) is 0 Å². The van der Waals surface area contributed by atoms with Crippen LogP contribution >= 0.6 is 0 Å². The van der Waals surface area contributed by atoms with Crippen molar-refractivity contribution in [2.45, 2.75) is 62.9 Å². The van der Waals surface area contributed by atoms with Crippen LogP contribution in [0.2, 0.25) is 0 Å². The molecule has 0 spiro atoms. The van der Waals surface area contributed by atoms with E-state index in [2.05, 4.69) is 30.3 Å². The normalized spacial score (nSPS) is 32.4. The lowest BCUT2D eigenvalue weighted by molar-refractivity contribution is -0.0112. The summed E-state index contributed by atoms with van der Waals surface area (Å²) in [6.45, 7) is 0. The average Bonchev–Trinajstić information content (AvgIpc) is 3.23. The number of aliphatic hydroxyl groups is 1. The van der Waals surface area contributed by atoms with Gasteiger partial charge in [-0.05, 0) is 55.9 Å². The molecule has 0 saturated heterocycles. The molecule has 2 fully saturated rings. The summed E-state index contributed by atoms with van der Waals surface area (Å²) in [5.41, 5.74) is 1.12. The summed E-state index contributed by atoms with van der Waals surface area (Å²) in [5, 5.41) is 10.6. The molecule has 0 radical (unpaired) electrons. The summed E-state index contributed by atoms with van der Waals surface area (Å²) >= 11 is 0. The zero-order valence-electron chi connectivity index (χ0n) is 11.1. The quantitative estimate of drug-likeness (QED) is 0.838. The molecule has 1 aromatic carbocycles. The van der Waals surface area contributed by atoms with E-state index in [0.29, 0.717) is 5.92 Å². The van der Waals surface area contributed by atoms with E-state index >= 15 is 0 Å². The molecule has 0 heterocycles. The molecule has 0 aromatic heterocycles. The van der Waals surface area contributed by atoms with Crippen LogP contribution < -0.4 is 0 Å². The van der Waals surface area contributed by atoms with E-state index in [9.17, 15) is 5.11 Å². The maximum absolute atomic E-state index is 10.6. The Balaban J connectivity index is 1.53. The molecule has 18 heavy (non-hydrogen) atoms. The molecule has 0 atom stereocenters. The van der Waals surface area contributed by atoms with Gasteiger partial charge in [-0.1, -0.05) is 43.2 Å². The molecular formula is C17H24O. The number of hydrogen-bond donors (Lipinski definition) is 1. The second-order valence-corrected chi connectivity index (χ2v) is 6.39. The minimum Gasteiger partial charge on any atom is -0.390 e. The van der Waals surface area contributed by atoms with Crippen molar-refractivity contribution in [3.05, 3.63) is 35.9 Å². The fourth-order valence-corrected chi connectivity index (χ4v) is 3.34. The van der Waals surface area contributed by atoms with Crippen molar-refractivity contribution in [3.63, 3.8) is 0 Å². The van der Waals surface area contributed by atoms with E-state index in [1.165, 1.54) is 24.8 Å². The van der Waals surface area contributed by atoms with Crippen molar-refractivity contribution in [1.82, 2.24) is 0 Å². The lowest BCUT2D eigenvalue weighted by atomic mass is 9.74. The van der Waals surface area contributed by atoms with Gasteiger partial charge in [-0.2, -0.15) is 0 Å². The molecule has 2 aliphatic rings. The molecule has 1 N–H and O–H groups in total. The van der Waals surface area contributed by atoms with Gasteiger partial charge in [0.15, 0.2) is 0 Å². The number of rotatable bonds is 4. The summed E-state index contributed by atoms with van der Waals surface area (Å²) in [7, 11) is 0. The summed E-state index contributed by atoms with van der Waals surface area (Å²) < 4.78 is 0. The third-order valence-electron chi connectivity index (χ3n) is 4.90. The van der Waals surface area contributed by atoms with Crippen LogP contribution in [0.1, 0.15) is 62.8 Å². The Morgan fingerprint density at radius 3 is 2.28 bits per heavy atom. The molecule has 0 bridgehead atoms. The van der Waals surface area contributed by atoms with E-state index in [-0.39, 0.29) is 5.60 Å². The highest BCUT2D eigenvalue weighted by atomic mass is 16.3. The highest BCUT2D eigenvalue weighted by molar-refractivity contribution is 5.20. The van der Waals surface area contributed by atoms with E-state index in [1.54, 1.807) is 0 Å². The Labute approximate surface area is 110 Å². The summed E-state index contributed by atoms with van der Waals surface area (Å²) in [4.78, 5) is 0. The molecule has 1 aromatic rings. The molecule has 0 aliphatic heterocycles. The second-order valence-electron chi connectivity index (χ2n) is 6.39. The molecule has 98 valence electrons. The van der Waals surface area contributed by atoms with Crippen molar-refractivity contribution in [1.29, 1.82) is 0 Å². The monoisotopic (exact) mass is 244 g/mol. The predicted octanol–water partition coefficient (Wildman–Crippen LogP) is 4.27. The van der Waals surface area contributed by atoms with Gasteiger partial charge < -0.3 is 5.11 Å². The minimum atomic E-state index is -0.339.